The summed E-state index contributed by atoms with van der Waals surface area (Å²) in [4.78, 5) is 16.3. The van der Waals surface area contributed by atoms with E-state index in [0.29, 0.717) is 18.0 Å². The number of likely N-dealkylation sites (tertiary alicyclic amines) is 2. The van der Waals surface area contributed by atoms with E-state index in [1.807, 2.05) is 25.7 Å². The van der Waals surface area contributed by atoms with E-state index in [1.165, 1.54) is 6.42 Å². The van der Waals surface area contributed by atoms with E-state index in [0.717, 1.165) is 39.0 Å². The van der Waals surface area contributed by atoms with Crippen molar-refractivity contribution in [3.05, 3.63) is 0 Å². The first-order valence-electron chi connectivity index (χ1n) is 8.66. The number of amides is 1. The van der Waals surface area contributed by atoms with E-state index in [1.54, 1.807) is 0 Å². The zero-order chi connectivity index (χ0) is 16.3. The number of carbonyl (C=O) groups excluding carboxylic acids is 1. The van der Waals surface area contributed by atoms with E-state index in [9.17, 15) is 4.79 Å². The molecule has 5 nitrogen and oxygen atoms in total. The van der Waals surface area contributed by atoms with Gasteiger partial charge in [0.1, 0.15) is 5.60 Å². The number of likely N-dealkylation sites (N-methyl/N-ethyl adjacent to an activating group) is 1. The molecule has 0 spiro atoms. The van der Waals surface area contributed by atoms with Gasteiger partial charge < -0.3 is 19.9 Å². The Morgan fingerprint density at radius 3 is 2.41 bits per heavy atom. The highest BCUT2D eigenvalue weighted by Crippen LogP contribution is 2.20. The van der Waals surface area contributed by atoms with Crippen LogP contribution in [0.25, 0.3) is 0 Å². The number of hydrogen-bond acceptors (Lipinski definition) is 4. The third-order valence-corrected chi connectivity index (χ3v) is 4.85. The Bertz CT molecular complexity index is 363. The summed E-state index contributed by atoms with van der Waals surface area (Å²) >= 11 is 0. The topological polar surface area (TPSA) is 44.8 Å². The van der Waals surface area contributed by atoms with Crippen LogP contribution >= 0.6 is 0 Å². The number of ether oxygens (including phenoxy) is 1. The highest BCUT2D eigenvalue weighted by atomic mass is 16.6. The smallest absolute Gasteiger partial charge is 0.410 e. The fourth-order valence-corrected chi connectivity index (χ4v) is 3.32. The van der Waals surface area contributed by atoms with Crippen molar-refractivity contribution in [3.8, 4) is 0 Å². The molecule has 0 aromatic heterocycles. The van der Waals surface area contributed by atoms with Crippen LogP contribution in [0, 0.1) is 5.92 Å². The Labute approximate surface area is 135 Å². The predicted molar refractivity (Wildman–Crippen MR) is 89.0 cm³/mol. The number of nitrogens with one attached hydrogen (secondary N) is 1. The molecule has 2 unspecified atom stereocenters. The van der Waals surface area contributed by atoms with Crippen LogP contribution in [0.15, 0.2) is 0 Å². The van der Waals surface area contributed by atoms with E-state index in [4.69, 9.17) is 4.74 Å². The minimum Gasteiger partial charge on any atom is -0.444 e. The Hall–Kier alpha value is -0.810. The molecule has 0 aromatic carbocycles. The monoisotopic (exact) mass is 311 g/mol. The van der Waals surface area contributed by atoms with Gasteiger partial charge in [0.15, 0.2) is 0 Å². The van der Waals surface area contributed by atoms with Gasteiger partial charge in [-0.1, -0.05) is 0 Å². The summed E-state index contributed by atoms with van der Waals surface area (Å²) in [6.45, 7) is 11.9. The van der Waals surface area contributed by atoms with Crippen molar-refractivity contribution in [1.29, 1.82) is 0 Å². The SMILES string of the molecule is CC1CC(NCC2CCN(C(=O)OC(C)(C)C)CC2)CN1C. The summed E-state index contributed by atoms with van der Waals surface area (Å²) in [6.07, 6.45) is 3.23. The first-order valence-corrected chi connectivity index (χ1v) is 8.66. The zero-order valence-corrected chi connectivity index (χ0v) is 14.9. The average Bonchev–Trinajstić information content (AvgIpc) is 2.74. The van der Waals surface area contributed by atoms with Crippen LogP contribution in [0.2, 0.25) is 0 Å². The summed E-state index contributed by atoms with van der Waals surface area (Å²) < 4.78 is 5.44. The lowest BCUT2D eigenvalue weighted by molar-refractivity contribution is 0.0183. The van der Waals surface area contributed by atoms with E-state index in [2.05, 4.69) is 24.2 Å². The standard InChI is InChI=1S/C17H33N3O2/c1-13-10-15(12-19(13)5)18-11-14-6-8-20(9-7-14)16(21)22-17(2,3)4/h13-15,18H,6-12H2,1-5H3. The van der Waals surface area contributed by atoms with Crippen molar-refractivity contribution in [2.75, 3.05) is 33.2 Å². The lowest BCUT2D eigenvalue weighted by Crippen LogP contribution is -2.44. The molecule has 2 atom stereocenters. The maximum absolute atomic E-state index is 12.0. The molecule has 0 aromatic rings. The van der Waals surface area contributed by atoms with Gasteiger partial charge in [-0.05, 0) is 66.5 Å². The fourth-order valence-electron chi connectivity index (χ4n) is 3.32. The molecule has 0 radical (unpaired) electrons. The highest BCUT2D eigenvalue weighted by molar-refractivity contribution is 5.68. The van der Waals surface area contributed by atoms with Crippen LogP contribution < -0.4 is 5.32 Å². The number of carbonyl (C=O) groups is 1. The van der Waals surface area contributed by atoms with Gasteiger partial charge in [-0.3, -0.25) is 0 Å². The maximum Gasteiger partial charge on any atom is 0.410 e. The number of rotatable bonds is 3. The van der Waals surface area contributed by atoms with Gasteiger partial charge in [-0.25, -0.2) is 4.79 Å². The Kier molecular flexibility index (Phi) is 5.72. The minimum absolute atomic E-state index is 0.162. The van der Waals surface area contributed by atoms with Gasteiger partial charge in [-0.15, -0.1) is 0 Å². The van der Waals surface area contributed by atoms with Gasteiger partial charge in [0, 0.05) is 31.7 Å². The molecule has 2 rings (SSSR count). The molecule has 0 aliphatic carbocycles. The summed E-state index contributed by atoms with van der Waals surface area (Å²) in [6, 6.07) is 1.32. The predicted octanol–water partition coefficient (Wildman–Crippen LogP) is 2.32. The Balaban J connectivity index is 1.66. The quantitative estimate of drug-likeness (QED) is 0.869. The molecule has 128 valence electrons. The third-order valence-electron chi connectivity index (χ3n) is 4.85. The number of hydrogen-bond donors (Lipinski definition) is 1. The van der Waals surface area contributed by atoms with Gasteiger partial charge in [0.25, 0.3) is 0 Å². The summed E-state index contributed by atoms with van der Waals surface area (Å²) in [5, 5.41) is 3.72. The molecule has 22 heavy (non-hydrogen) atoms. The molecule has 2 fully saturated rings. The van der Waals surface area contributed by atoms with Crippen molar-refractivity contribution in [2.24, 2.45) is 5.92 Å². The van der Waals surface area contributed by atoms with Crippen molar-refractivity contribution in [2.45, 2.75) is 64.6 Å². The molecule has 2 heterocycles. The van der Waals surface area contributed by atoms with Gasteiger partial charge >= 0.3 is 6.09 Å². The first-order chi connectivity index (χ1) is 10.2. The zero-order valence-electron chi connectivity index (χ0n) is 14.9. The Morgan fingerprint density at radius 1 is 1.27 bits per heavy atom. The molecule has 5 heteroatoms. The van der Waals surface area contributed by atoms with Gasteiger partial charge in [-0.2, -0.15) is 0 Å². The second kappa shape index (κ2) is 7.18. The van der Waals surface area contributed by atoms with E-state index < -0.39 is 5.60 Å². The lowest BCUT2D eigenvalue weighted by Gasteiger charge is -2.34. The van der Waals surface area contributed by atoms with Crippen LogP contribution in [0.4, 0.5) is 4.79 Å². The molecular formula is C17H33N3O2. The molecule has 1 N–H and O–H groups in total. The maximum atomic E-state index is 12.0. The summed E-state index contributed by atoms with van der Waals surface area (Å²) in [5.74, 6) is 0.680. The van der Waals surface area contributed by atoms with Crippen LogP contribution in [0.3, 0.4) is 0 Å². The molecule has 0 bridgehead atoms. The summed E-state index contributed by atoms with van der Waals surface area (Å²) in [5.41, 5.74) is -0.402. The second-order valence-electron chi connectivity index (χ2n) is 8.04. The fraction of sp³-hybridized carbons (Fsp3) is 0.941. The number of piperidine rings is 1. The largest absolute Gasteiger partial charge is 0.444 e. The summed E-state index contributed by atoms with van der Waals surface area (Å²) in [7, 11) is 2.20. The van der Waals surface area contributed by atoms with E-state index >= 15 is 0 Å². The van der Waals surface area contributed by atoms with Crippen LogP contribution in [-0.4, -0.2) is 66.8 Å². The molecule has 2 aliphatic rings. The number of nitrogens with zero attached hydrogens (tertiary/aromatic N) is 2. The highest BCUT2D eigenvalue weighted by Gasteiger charge is 2.29. The normalized spacial score (nSPS) is 28.1. The van der Waals surface area contributed by atoms with Crippen molar-refractivity contribution in [3.63, 3.8) is 0 Å². The molecule has 2 saturated heterocycles. The van der Waals surface area contributed by atoms with Crippen molar-refractivity contribution >= 4 is 6.09 Å². The Morgan fingerprint density at radius 2 is 1.91 bits per heavy atom. The molecule has 1 amide bonds. The minimum atomic E-state index is -0.402. The van der Waals surface area contributed by atoms with Gasteiger partial charge in [0.2, 0.25) is 0 Å². The second-order valence-corrected chi connectivity index (χ2v) is 8.04. The van der Waals surface area contributed by atoms with Crippen LogP contribution in [0.1, 0.15) is 47.0 Å². The van der Waals surface area contributed by atoms with Crippen LogP contribution in [-0.2, 0) is 4.74 Å². The van der Waals surface area contributed by atoms with Gasteiger partial charge in [0.05, 0.1) is 0 Å². The van der Waals surface area contributed by atoms with Crippen molar-refractivity contribution < 1.29 is 9.53 Å². The third kappa shape index (κ3) is 5.13. The average molecular weight is 311 g/mol. The van der Waals surface area contributed by atoms with E-state index in [-0.39, 0.29) is 6.09 Å². The molecule has 0 saturated carbocycles. The van der Waals surface area contributed by atoms with Crippen LogP contribution in [0.5, 0.6) is 0 Å². The first kappa shape index (κ1) is 17.5. The van der Waals surface area contributed by atoms with Crippen molar-refractivity contribution in [1.82, 2.24) is 15.1 Å². The molecular weight excluding hydrogens is 278 g/mol. The molecule has 2 aliphatic heterocycles. The lowest BCUT2D eigenvalue weighted by atomic mass is 9.96.